The van der Waals surface area contributed by atoms with Crippen molar-refractivity contribution in [2.45, 2.75) is 0 Å². The molecule has 0 fully saturated rings. The molecule has 0 radical (unpaired) electrons. The Morgan fingerprint density at radius 2 is 1.79 bits per heavy atom. The quantitative estimate of drug-likeness (QED) is 0.162. The molecule has 6 nitrogen and oxygen atoms in total. The Bertz CT molecular complexity index is 1730. The summed E-state index contributed by atoms with van der Waals surface area (Å²) in [5, 5.41) is 2.51. The number of furan rings is 1. The van der Waals surface area contributed by atoms with Crippen LogP contribution in [-0.4, -0.2) is 11.0 Å². The van der Waals surface area contributed by atoms with Gasteiger partial charge in [0.15, 0.2) is 0 Å². The second-order valence-corrected chi connectivity index (χ2v) is 8.78. The molecule has 3 aromatic carbocycles. The van der Waals surface area contributed by atoms with Crippen molar-refractivity contribution in [1.82, 2.24) is 4.98 Å². The van der Waals surface area contributed by atoms with Crippen molar-refractivity contribution in [3.8, 4) is 16.3 Å². The van der Waals surface area contributed by atoms with Gasteiger partial charge in [0.1, 0.15) is 21.9 Å². The van der Waals surface area contributed by atoms with Crippen LogP contribution in [0.25, 0.3) is 42.7 Å². The highest BCUT2D eigenvalue weighted by atomic mass is 35.5. The lowest BCUT2D eigenvalue weighted by molar-refractivity contribution is 0.0704. The van der Waals surface area contributed by atoms with E-state index >= 15 is 0 Å². The predicted molar refractivity (Wildman–Crippen MR) is 127 cm³/mol. The van der Waals surface area contributed by atoms with Crippen LogP contribution in [0, 0.1) is 0 Å². The Hall–Kier alpha value is -3.94. The number of para-hydroxylation sites is 1. The smallest absolute Gasteiger partial charge is 0.379 e. The molecule has 0 bridgehead atoms. The number of fused-ring (bicyclic) bond motifs is 3. The number of ether oxygens (including phenoxy) is 1. The van der Waals surface area contributed by atoms with E-state index in [9.17, 15) is 9.59 Å². The van der Waals surface area contributed by atoms with Gasteiger partial charge in [0.05, 0.1) is 15.8 Å². The predicted octanol–water partition coefficient (Wildman–Crippen LogP) is 6.69. The van der Waals surface area contributed by atoms with Gasteiger partial charge in [0, 0.05) is 21.9 Å². The second-order valence-electron chi connectivity index (χ2n) is 7.32. The first kappa shape index (κ1) is 19.7. The van der Waals surface area contributed by atoms with Crippen LogP contribution < -0.4 is 10.4 Å². The summed E-state index contributed by atoms with van der Waals surface area (Å²) in [6.45, 7) is 0. The van der Waals surface area contributed by atoms with Crippen molar-refractivity contribution in [2.24, 2.45) is 0 Å². The van der Waals surface area contributed by atoms with Crippen LogP contribution in [0.3, 0.4) is 0 Å². The summed E-state index contributed by atoms with van der Waals surface area (Å²) < 4.78 is 17.5. The maximum Gasteiger partial charge on any atom is 0.379 e. The van der Waals surface area contributed by atoms with Crippen molar-refractivity contribution < 1.29 is 18.4 Å². The van der Waals surface area contributed by atoms with Crippen LogP contribution in [0.2, 0.25) is 5.02 Å². The van der Waals surface area contributed by atoms with E-state index < -0.39 is 11.6 Å². The fourth-order valence-corrected chi connectivity index (χ4v) is 4.71. The maximum atomic E-state index is 12.7. The highest BCUT2D eigenvalue weighted by Gasteiger charge is 2.17. The van der Waals surface area contributed by atoms with E-state index in [0.717, 1.165) is 10.2 Å². The molecular weight excluding hydrogens is 462 g/mol. The van der Waals surface area contributed by atoms with E-state index in [1.807, 2.05) is 24.3 Å². The molecule has 0 unspecified atom stereocenters. The summed E-state index contributed by atoms with van der Waals surface area (Å²) in [4.78, 5) is 29.7. The van der Waals surface area contributed by atoms with Gasteiger partial charge in [-0.05, 0) is 54.6 Å². The zero-order valence-corrected chi connectivity index (χ0v) is 18.3. The van der Waals surface area contributed by atoms with Crippen LogP contribution in [0.15, 0.2) is 86.4 Å². The Kier molecular flexibility index (Phi) is 4.53. The van der Waals surface area contributed by atoms with E-state index in [-0.39, 0.29) is 11.5 Å². The minimum atomic E-state index is -0.671. The Morgan fingerprint density at radius 3 is 2.67 bits per heavy atom. The first-order chi connectivity index (χ1) is 16.0. The first-order valence-electron chi connectivity index (χ1n) is 9.89. The number of rotatable bonds is 3. The Balaban J connectivity index is 1.32. The van der Waals surface area contributed by atoms with Gasteiger partial charge in [0.25, 0.3) is 0 Å². The number of nitrogens with zero attached hydrogens (tertiary/aromatic N) is 1. The van der Waals surface area contributed by atoms with Gasteiger partial charge in [0.2, 0.25) is 5.76 Å². The summed E-state index contributed by atoms with van der Waals surface area (Å²) in [5.41, 5.74) is 1.52. The second kappa shape index (κ2) is 7.58. The minimum absolute atomic E-state index is 0.0417. The molecule has 0 N–H and O–H groups in total. The Morgan fingerprint density at radius 1 is 0.909 bits per heavy atom. The van der Waals surface area contributed by atoms with Crippen LogP contribution in [0.5, 0.6) is 5.75 Å². The van der Waals surface area contributed by atoms with Crippen LogP contribution in [0.1, 0.15) is 10.6 Å². The molecule has 0 aliphatic heterocycles. The SMILES string of the molecule is O=C(Oc1ccc2cc(-c3nc4ccccc4s3)c(=O)oc2c1)c1cc2cc(Cl)ccc2o1. The number of hydrogen-bond acceptors (Lipinski definition) is 7. The van der Waals surface area contributed by atoms with Gasteiger partial charge < -0.3 is 13.6 Å². The van der Waals surface area contributed by atoms with Gasteiger partial charge >= 0.3 is 11.6 Å². The van der Waals surface area contributed by atoms with Gasteiger partial charge in [-0.3, -0.25) is 0 Å². The third kappa shape index (κ3) is 3.57. The average Bonchev–Trinajstić information content (AvgIpc) is 3.42. The summed E-state index contributed by atoms with van der Waals surface area (Å²) in [6, 6.07) is 20.9. The fraction of sp³-hybridized carbons (Fsp3) is 0. The minimum Gasteiger partial charge on any atom is -0.449 e. The number of aromatic nitrogens is 1. The monoisotopic (exact) mass is 473 g/mol. The average molecular weight is 474 g/mol. The summed E-state index contributed by atoms with van der Waals surface area (Å²) >= 11 is 7.40. The lowest BCUT2D eigenvalue weighted by Gasteiger charge is -2.04. The molecule has 0 saturated heterocycles. The third-order valence-corrected chi connectivity index (χ3v) is 6.43. The zero-order valence-electron chi connectivity index (χ0n) is 16.7. The summed E-state index contributed by atoms with van der Waals surface area (Å²) in [5.74, 6) is -0.406. The Labute approximate surface area is 194 Å². The van der Waals surface area contributed by atoms with Crippen molar-refractivity contribution in [1.29, 1.82) is 0 Å². The van der Waals surface area contributed by atoms with E-state index in [0.29, 0.717) is 37.5 Å². The molecule has 3 aromatic heterocycles. The van der Waals surface area contributed by atoms with Crippen LogP contribution in [0.4, 0.5) is 0 Å². The lowest BCUT2D eigenvalue weighted by atomic mass is 10.2. The summed E-state index contributed by atoms with van der Waals surface area (Å²) in [7, 11) is 0. The molecule has 0 aliphatic rings. The molecule has 0 aliphatic carbocycles. The standard InChI is InChI=1S/C25H12ClNO5S/c26-15-6-8-19-14(9-15)11-21(31-19)25(29)30-16-7-5-13-10-17(24(28)32-20(13)12-16)23-27-18-3-1-2-4-22(18)33-23/h1-12H. The molecule has 0 atom stereocenters. The van der Waals surface area contributed by atoms with E-state index in [1.54, 1.807) is 42.5 Å². The number of esters is 1. The van der Waals surface area contributed by atoms with Crippen molar-refractivity contribution >= 4 is 61.1 Å². The fourth-order valence-electron chi connectivity index (χ4n) is 3.56. The number of hydrogen-bond donors (Lipinski definition) is 0. The van der Waals surface area contributed by atoms with Crippen LogP contribution >= 0.6 is 22.9 Å². The van der Waals surface area contributed by atoms with E-state index in [2.05, 4.69) is 4.98 Å². The van der Waals surface area contributed by atoms with Crippen LogP contribution in [-0.2, 0) is 0 Å². The number of benzene rings is 3. The molecule has 33 heavy (non-hydrogen) atoms. The van der Waals surface area contributed by atoms with E-state index in [1.165, 1.54) is 17.4 Å². The highest BCUT2D eigenvalue weighted by molar-refractivity contribution is 7.21. The topological polar surface area (TPSA) is 82.5 Å². The molecule has 160 valence electrons. The number of halogens is 1. The normalized spacial score (nSPS) is 11.4. The van der Waals surface area contributed by atoms with Gasteiger partial charge in [-0.1, -0.05) is 23.7 Å². The molecule has 0 spiro atoms. The number of carbonyl (C=O) groups excluding carboxylic acids is 1. The largest absolute Gasteiger partial charge is 0.449 e. The van der Waals surface area contributed by atoms with Crippen molar-refractivity contribution in [3.63, 3.8) is 0 Å². The third-order valence-electron chi connectivity index (χ3n) is 5.12. The number of thiazole rings is 1. The molecule has 6 rings (SSSR count). The molecule has 0 saturated carbocycles. The van der Waals surface area contributed by atoms with Crippen molar-refractivity contribution in [3.05, 3.63) is 94.0 Å². The zero-order chi connectivity index (χ0) is 22.5. The van der Waals surface area contributed by atoms with Gasteiger partial charge in [-0.25, -0.2) is 14.6 Å². The molecular formula is C25H12ClNO5S. The molecule has 6 aromatic rings. The van der Waals surface area contributed by atoms with E-state index in [4.69, 9.17) is 25.2 Å². The molecule has 0 amide bonds. The summed E-state index contributed by atoms with van der Waals surface area (Å²) in [6.07, 6.45) is 0. The highest BCUT2D eigenvalue weighted by Crippen LogP contribution is 2.31. The molecule has 8 heteroatoms. The molecule has 3 heterocycles. The van der Waals surface area contributed by atoms with Gasteiger partial charge in [-0.15, -0.1) is 11.3 Å². The van der Waals surface area contributed by atoms with Crippen molar-refractivity contribution in [2.75, 3.05) is 0 Å². The maximum absolute atomic E-state index is 12.7. The number of carbonyl (C=O) groups is 1. The lowest BCUT2D eigenvalue weighted by Crippen LogP contribution is -2.07. The van der Waals surface area contributed by atoms with Gasteiger partial charge in [-0.2, -0.15) is 0 Å². The first-order valence-corrected chi connectivity index (χ1v) is 11.1.